The summed E-state index contributed by atoms with van der Waals surface area (Å²) in [4.78, 5) is 20.1. The smallest absolute Gasteiger partial charge is 0.337 e. The highest BCUT2D eigenvalue weighted by Gasteiger charge is 2.37. The molecule has 0 amide bonds. The minimum Gasteiger partial charge on any atom is -0.478 e. The molecule has 10 heteroatoms. The molecule has 3 aromatic rings. The quantitative estimate of drug-likeness (QED) is 0.483. The van der Waals surface area contributed by atoms with E-state index in [0.717, 1.165) is 11.3 Å². The number of aliphatic hydroxyl groups is 2. The summed E-state index contributed by atoms with van der Waals surface area (Å²) < 4.78 is 1.84. The zero-order valence-electron chi connectivity index (χ0n) is 15.4. The number of benzene rings is 1. The first-order valence-electron chi connectivity index (χ1n) is 8.92. The molecule has 4 rings (SSSR count). The first-order valence-corrected chi connectivity index (χ1v) is 10.4. The van der Waals surface area contributed by atoms with Crippen LogP contribution in [0.1, 0.15) is 32.4 Å². The molecule has 0 spiro atoms. The van der Waals surface area contributed by atoms with Crippen molar-refractivity contribution in [1.29, 1.82) is 0 Å². The molecule has 3 atom stereocenters. The van der Waals surface area contributed by atoms with Crippen molar-refractivity contribution in [3.8, 4) is 0 Å². The van der Waals surface area contributed by atoms with Gasteiger partial charge in [0.25, 0.3) is 0 Å². The Kier molecular flexibility index (Phi) is 5.39. The largest absolute Gasteiger partial charge is 0.478 e. The standard InChI is InChI=1S/C19H19ClN4O4S/c1-9-4-10(5-11(14(9)20)19(27)28)6-22-17-18-23-7-12(24(18)3-2-21-17)16-15(26)13(25)8-29-16/h2-5,7,13,15-16,25-26H,6,8H2,1H3,(H,21,22)(H,27,28)/t13-,15-,16+/m1/s1. The van der Waals surface area contributed by atoms with Gasteiger partial charge < -0.3 is 20.6 Å². The van der Waals surface area contributed by atoms with Crippen LogP contribution in [0.3, 0.4) is 0 Å². The number of rotatable bonds is 5. The number of carbonyl (C=O) groups is 1. The van der Waals surface area contributed by atoms with E-state index in [4.69, 9.17) is 11.6 Å². The summed E-state index contributed by atoms with van der Waals surface area (Å²) in [6, 6.07) is 3.36. The van der Waals surface area contributed by atoms with Crippen LogP contribution in [0.25, 0.3) is 5.65 Å². The Hall–Kier alpha value is -2.33. The van der Waals surface area contributed by atoms with Gasteiger partial charge in [0.1, 0.15) is 0 Å². The monoisotopic (exact) mass is 434 g/mol. The van der Waals surface area contributed by atoms with Crippen molar-refractivity contribution in [1.82, 2.24) is 14.4 Å². The average molecular weight is 435 g/mol. The van der Waals surface area contributed by atoms with E-state index in [9.17, 15) is 20.1 Å². The Labute approximate surface area is 175 Å². The molecule has 0 saturated carbocycles. The Balaban J connectivity index is 1.61. The van der Waals surface area contributed by atoms with Crippen LogP contribution in [-0.2, 0) is 6.54 Å². The lowest BCUT2D eigenvalue weighted by atomic mass is 10.1. The lowest BCUT2D eigenvalue weighted by Gasteiger charge is -2.15. The van der Waals surface area contributed by atoms with Crippen molar-refractivity contribution in [2.45, 2.75) is 30.9 Å². The number of aromatic carboxylic acids is 1. The SMILES string of the molecule is Cc1cc(CNc2nccn3c([C@@H]4SC[C@@H](O)[C@H]4O)cnc23)cc(C(=O)O)c1Cl. The number of carboxylic acids is 1. The molecule has 4 N–H and O–H groups in total. The van der Waals surface area contributed by atoms with Crippen LogP contribution in [0.2, 0.25) is 5.02 Å². The second-order valence-corrected chi connectivity index (χ2v) is 8.45. The van der Waals surface area contributed by atoms with Gasteiger partial charge in [0, 0.05) is 24.7 Å². The van der Waals surface area contributed by atoms with E-state index in [1.54, 1.807) is 25.5 Å². The minimum absolute atomic E-state index is 0.0588. The summed E-state index contributed by atoms with van der Waals surface area (Å²) in [5, 5.41) is 32.5. The molecule has 0 bridgehead atoms. The Morgan fingerprint density at radius 2 is 2.17 bits per heavy atom. The number of fused-ring (bicyclic) bond motifs is 1. The molecule has 2 aromatic heterocycles. The third kappa shape index (κ3) is 3.66. The lowest BCUT2D eigenvalue weighted by Crippen LogP contribution is -2.25. The van der Waals surface area contributed by atoms with Crippen LogP contribution in [0.5, 0.6) is 0 Å². The third-order valence-corrected chi connectivity index (χ3v) is 6.82. The summed E-state index contributed by atoms with van der Waals surface area (Å²) in [5.41, 5.74) is 2.87. The number of aromatic nitrogens is 3. The van der Waals surface area contributed by atoms with E-state index >= 15 is 0 Å². The van der Waals surface area contributed by atoms with Crippen molar-refractivity contribution < 1.29 is 20.1 Å². The van der Waals surface area contributed by atoms with Crippen molar-refractivity contribution >= 4 is 40.8 Å². The van der Waals surface area contributed by atoms with Gasteiger partial charge in [0.05, 0.1) is 39.9 Å². The molecular formula is C19H19ClN4O4S. The van der Waals surface area contributed by atoms with Crippen LogP contribution in [-0.4, -0.2) is 53.6 Å². The number of nitrogens with one attached hydrogen (secondary N) is 1. The minimum atomic E-state index is -1.08. The number of carboxylic acid groups (broad SMARTS) is 1. The fourth-order valence-corrected chi connectivity index (χ4v) is 4.94. The first kappa shape index (κ1) is 20.0. The molecule has 3 heterocycles. The van der Waals surface area contributed by atoms with Gasteiger partial charge in [-0.05, 0) is 24.1 Å². The van der Waals surface area contributed by atoms with Crippen LogP contribution < -0.4 is 5.32 Å². The Morgan fingerprint density at radius 1 is 1.38 bits per heavy atom. The number of aliphatic hydroxyl groups excluding tert-OH is 2. The molecule has 1 aromatic carbocycles. The van der Waals surface area contributed by atoms with Crippen LogP contribution in [0, 0.1) is 6.92 Å². The molecule has 152 valence electrons. The van der Waals surface area contributed by atoms with E-state index in [0.29, 0.717) is 29.3 Å². The summed E-state index contributed by atoms with van der Waals surface area (Å²) in [6.45, 7) is 2.10. The molecule has 1 aliphatic rings. The first-order chi connectivity index (χ1) is 13.9. The van der Waals surface area contributed by atoms with Crippen LogP contribution in [0.15, 0.2) is 30.7 Å². The molecule has 1 fully saturated rings. The number of aryl methyl sites for hydroxylation is 1. The van der Waals surface area contributed by atoms with Crippen molar-refractivity contribution in [2.75, 3.05) is 11.1 Å². The van der Waals surface area contributed by atoms with Crippen molar-refractivity contribution in [3.05, 3.63) is 58.1 Å². The molecule has 8 nitrogen and oxygen atoms in total. The number of imidazole rings is 1. The second kappa shape index (κ2) is 7.83. The summed E-state index contributed by atoms with van der Waals surface area (Å²) in [5.74, 6) is -0.0778. The fraction of sp³-hybridized carbons (Fsp3) is 0.316. The fourth-order valence-electron chi connectivity index (χ4n) is 3.42. The van der Waals surface area contributed by atoms with Crippen LogP contribution in [0.4, 0.5) is 5.82 Å². The van der Waals surface area contributed by atoms with E-state index in [-0.39, 0.29) is 15.8 Å². The predicted molar refractivity (Wildman–Crippen MR) is 111 cm³/mol. The van der Waals surface area contributed by atoms with E-state index in [1.165, 1.54) is 17.8 Å². The highest BCUT2D eigenvalue weighted by molar-refractivity contribution is 7.99. The van der Waals surface area contributed by atoms with E-state index in [1.807, 2.05) is 10.5 Å². The van der Waals surface area contributed by atoms with Crippen LogP contribution >= 0.6 is 23.4 Å². The maximum absolute atomic E-state index is 11.4. The molecule has 1 saturated heterocycles. The third-order valence-electron chi connectivity index (χ3n) is 4.90. The molecule has 0 aliphatic carbocycles. The highest BCUT2D eigenvalue weighted by atomic mass is 35.5. The summed E-state index contributed by atoms with van der Waals surface area (Å²) in [7, 11) is 0. The topological polar surface area (TPSA) is 120 Å². The lowest BCUT2D eigenvalue weighted by molar-refractivity contribution is 0.0411. The zero-order valence-corrected chi connectivity index (χ0v) is 17.0. The van der Waals surface area contributed by atoms with Gasteiger partial charge >= 0.3 is 5.97 Å². The van der Waals surface area contributed by atoms with Crippen molar-refractivity contribution in [3.63, 3.8) is 0 Å². The van der Waals surface area contributed by atoms with E-state index < -0.39 is 18.2 Å². The molecule has 0 unspecified atom stereocenters. The van der Waals surface area contributed by atoms with Gasteiger partial charge in [0.2, 0.25) is 0 Å². The molecule has 29 heavy (non-hydrogen) atoms. The molecule has 0 radical (unpaired) electrons. The molecule has 1 aliphatic heterocycles. The predicted octanol–water partition coefficient (Wildman–Crippen LogP) is 2.51. The van der Waals surface area contributed by atoms with Crippen molar-refractivity contribution in [2.24, 2.45) is 0 Å². The van der Waals surface area contributed by atoms with Gasteiger partial charge in [-0.1, -0.05) is 17.7 Å². The number of hydrogen-bond acceptors (Lipinski definition) is 7. The number of hydrogen-bond donors (Lipinski definition) is 4. The Bertz CT molecular complexity index is 1090. The van der Waals surface area contributed by atoms with Gasteiger partial charge in [0.15, 0.2) is 11.5 Å². The number of halogens is 1. The Morgan fingerprint density at radius 3 is 2.86 bits per heavy atom. The summed E-state index contributed by atoms with van der Waals surface area (Å²) in [6.07, 6.45) is 3.45. The maximum atomic E-state index is 11.4. The normalized spacial score (nSPS) is 21.6. The maximum Gasteiger partial charge on any atom is 0.337 e. The molecular weight excluding hydrogens is 416 g/mol. The average Bonchev–Trinajstić information content (AvgIpc) is 3.26. The van der Waals surface area contributed by atoms with Gasteiger partial charge in [-0.3, -0.25) is 4.40 Å². The van der Waals surface area contributed by atoms with Gasteiger partial charge in [-0.25, -0.2) is 14.8 Å². The van der Waals surface area contributed by atoms with Gasteiger partial charge in [-0.15, -0.1) is 11.8 Å². The number of nitrogens with zero attached hydrogens (tertiary/aromatic N) is 3. The second-order valence-electron chi connectivity index (χ2n) is 6.90. The zero-order chi connectivity index (χ0) is 20.7. The number of anilines is 1. The highest BCUT2D eigenvalue weighted by Crippen LogP contribution is 2.40. The van der Waals surface area contributed by atoms with Gasteiger partial charge in [-0.2, -0.15) is 0 Å². The number of thioether (sulfide) groups is 1. The summed E-state index contributed by atoms with van der Waals surface area (Å²) >= 11 is 7.56. The van der Waals surface area contributed by atoms with E-state index in [2.05, 4.69) is 15.3 Å².